The summed E-state index contributed by atoms with van der Waals surface area (Å²) < 4.78 is 0. The highest BCUT2D eigenvalue weighted by Gasteiger charge is 2.25. The summed E-state index contributed by atoms with van der Waals surface area (Å²) in [4.78, 5) is 4.25. The van der Waals surface area contributed by atoms with Gasteiger partial charge in [0.15, 0.2) is 0 Å². The first-order valence-electron chi connectivity index (χ1n) is 4.98. The van der Waals surface area contributed by atoms with Gasteiger partial charge in [0.2, 0.25) is 0 Å². The van der Waals surface area contributed by atoms with E-state index in [0.29, 0.717) is 0 Å². The number of nitrogens with zero attached hydrogens (tertiary/aromatic N) is 1. The van der Waals surface area contributed by atoms with Gasteiger partial charge in [0.1, 0.15) is 0 Å². The van der Waals surface area contributed by atoms with Gasteiger partial charge in [-0.2, -0.15) is 0 Å². The molecule has 2 heteroatoms. The highest BCUT2D eigenvalue weighted by molar-refractivity contribution is 5.19. The van der Waals surface area contributed by atoms with Crippen LogP contribution in [0.25, 0.3) is 0 Å². The van der Waals surface area contributed by atoms with Crippen LogP contribution in [0.2, 0.25) is 0 Å². The minimum absolute atomic E-state index is 0.0751. The van der Waals surface area contributed by atoms with Crippen LogP contribution in [0.15, 0.2) is 18.3 Å². The molecule has 0 aromatic carbocycles. The van der Waals surface area contributed by atoms with Crippen LogP contribution in [-0.2, 0) is 0 Å². The van der Waals surface area contributed by atoms with E-state index in [1.165, 1.54) is 0 Å². The maximum absolute atomic E-state index is 9.36. The standard InChI is InChI=1S/C12H19NO/c1-9-5-6-10(7-13-9)11(8-14)12(2,3)4/h5-7,11,14H,8H2,1-4H3/t11-/m1/s1. The van der Waals surface area contributed by atoms with Gasteiger partial charge < -0.3 is 5.11 Å². The van der Waals surface area contributed by atoms with Gasteiger partial charge in [0.25, 0.3) is 0 Å². The Kier molecular flexibility index (Phi) is 3.27. The third kappa shape index (κ3) is 2.55. The minimum atomic E-state index is 0.0751. The Bertz CT molecular complexity index is 284. The van der Waals surface area contributed by atoms with Crippen molar-refractivity contribution in [2.45, 2.75) is 33.6 Å². The Balaban J connectivity index is 2.96. The smallest absolute Gasteiger partial charge is 0.0505 e. The Hall–Kier alpha value is -0.890. The lowest BCUT2D eigenvalue weighted by Crippen LogP contribution is -2.21. The molecule has 1 aromatic heterocycles. The summed E-state index contributed by atoms with van der Waals surface area (Å²) >= 11 is 0. The molecule has 1 atom stereocenters. The number of rotatable bonds is 2. The third-order valence-electron chi connectivity index (χ3n) is 2.56. The fourth-order valence-corrected chi connectivity index (χ4v) is 1.56. The van der Waals surface area contributed by atoms with Crippen LogP contribution in [0.4, 0.5) is 0 Å². The van der Waals surface area contributed by atoms with Gasteiger partial charge in [-0.3, -0.25) is 4.98 Å². The maximum Gasteiger partial charge on any atom is 0.0505 e. The first kappa shape index (κ1) is 11.2. The van der Waals surface area contributed by atoms with E-state index in [9.17, 15) is 5.11 Å². The lowest BCUT2D eigenvalue weighted by atomic mass is 9.77. The quantitative estimate of drug-likeness (QED) is 0.783. The summed E-state index contributed by atoms with van der Waals surface area (Å²) in [6, 6.07) is 4.04. The van der Waals surface area contributed by atoms with E-state index in [1.807, 2.05) is 19.2 Å². The van der Waals surface area contributed by atoms with Crippen LogP contribution < -0.4 is 0 Å². The SMILES string of the molecule is Cc1ccc([C@@H](CO)C(C)(C)C)cn1. The Labute approximate surface area is 86.0 Å². The highest BCUT2D eigenvalue weighted by Crippen LogP contribution is 2.33. The second kappa shape index (κ2) is 4.09. The summed E-state index contributed by atoms with van der Waals surface area (Å²) in [5, 5.41) is 9.36. The molecule has 1 rings (SSSR count). The summed E-state index contributed by atoms with van der Waals surface area (Å²) in [6.07, 6.45) is 1.86. The second-order valence-electron chi connectivity index (χ2n) is 4.83. The van der Waals surface area contributed by atoms with Gasteiger partial charge in [-0.1, -0.05) is 26.8 Å². The van der Waals surface area contributed by atoms with Gasteiger partial charge in [0.05, 0.1) is 6.61 Å². The predicted molar refractivity (Wildman–Crippen MR) is 58.3 cm³/mol. The molecule has 0 saturated carbocycles. The van der Waals surface area contributed by atoms with Gasteiger partial charge >= 0.3 is 0 Å². The average Bonchev–Trinajstić information content (AvgIpc) is 2.07. The predicted octanol–water partition coefficient (Wildman–Crippen LogP) is 2.51. The van der Waals surface area contributed by atoms with E-state index < -0.39 is 0 Å². The van der Waals surface area contributed by atoms with Gasteiger partial charge in [-0.15, -0.1) is 0 Å². The maximum atomic E-state index is 9.36. The van der Waals surface area contributed by atoms with Crippen LogP contribution in [0.1, 0.15) is 37.9 Å². The Morgan fingerprint density at radius 1 is 1.36 bits per heavy atom. The van der Waals surface area contributed by atoms with Crippen molar-refractivity contribution in [3.05, 3.63) is 29.6 Å². The van der Waals surface area contributed by atoms with E-state index in [1.54, 1.807) is 0 Å². The molecule has 0 unspecified atom stereocenters. The molecule has 0 aliphatic heterocycles. The molecule has 0 amide bonds. The molecule has 1 aromatic rings. The lowest BCUT2D eigenvalue weighted by molar-refractivity contribution is 0.186. The second-order valence-corrected chi connectivity index (χ2v) is 4.83. The minimum Gasteiger partial charge on any atom is -0.396 e. The van der Waals surface area contributed by atoms with Crippen molar-refractivity contribution in [3.63, 3.8) is 0 Å². The fourth-order valence-electron chi connectivity index (χ4n) is 1.56. The fraction of sp³-hybridized carbons (Fsp3) is 0.583. The lowest BCUT2D eigenvalue weighted by Gasteiger charge is -2.29. The monoisotopic (exact) mass is 193 g/mol. The molecular weight excluding hydrogens is 174 g/mol. The van der Waals surface area contributed by atoms with Crippen molar-refractivity contribution in [2.24, 2.45) is 5.41 Å². The Morgan fingerprint density at radius 3 is 2.36 bits per heavy atom. The van der Waals surface area contributed by atoms with Crippen LogP contribution in [0, 0.1) is 12.3 Å². The molecule has 78 valence electrons. The van der Waals surface area contributed by atoms with Crippen LogP contribution in [0.5, 0.6) is 0 Å². The zero-order chi connectivity index (χ0) is 10.8. The first-order chi connectivity index (χ1) is 6.45. The normalized spacial score (nSPS) is 14.1. The molecule has 0 saturated heterocycles. The zero-order valence-electron chi connectivity index (χ0n) is 9.41. The van der Waals surface area contributed by atoms with Crippen LogP contribution in [-0.4, -0.2) is 16.7 Å². The highest BCUT2D eigenvalue weighted by atomic mass is 16.3. The summed E-state index contributed by atoms with van der Waals surface area (Å²) in [5.74, 6) is 0.163. The number of aliphatic hydroxyl groups excluding tert-OH is 1. The number of aromatic nitrogens is 1. The third-order valence-corrected chi connectivity index (χ3v) is 2.56. The molecule has 1 heterocycles. The number of pyridine rings is 1. The summed E-state index contributed by atoms with van der Waals surface area (Å²) in [5.41, 5.74) is 2.20. The molecule has 1 N–H and O–H groups in total. The van der Waals surface area contributed by atoms with Crippen molar-refractivity contribution in [2.75, 3.05) is 6.61 Å². The molecule has 0 fully saturated rings. The van der Waals surface area contributed by atoms with Gasteiger partial charge in [-0.05, 0) is 24.0 Å². The number of hydrogen-bond acceptors (Lipinski definition) is 2. The largest absolute Gasteiger partial charge is 0.396 e. The first-order valence-corrected chi connectivity index (χ1v) is 4.98. The van der Waals surface area contributed by atoms with Crippen LogP contribution in [0.3, 0.4) is 0 Å². The van der Waals surface area contributed by atoms with Crippen molar-refractivity contribution >= 4 is 0 Å². The van der Waals surface area contributed by atoms with Crippen molar-refractivity contribution in [1.82, 2.24) is 4.98 Å². The van der Waals surface area contributed by atoms with Crippen LogP contribution >= 0.6 is 0 Å². The van der Waals surface area contributed by atoms with E-state index in [0.717, 1.165) is 11.3 Å². The molecule has 0 aliphatic rings. The van der Waals surface area contributed by atoms with E-state index in [4.69, 9.17) is 0 Å². The summed E-state index contributed by atoms with van der Waals surface area (Å²) in [7, 11) is 0. The molecule has 0 spiro atoms. The molecule has 0 radical (unpaired) electrons. The van der Waals surface area contributed by atoms with Gasteiger partial charge in [0, 0.05) is 17.8 Å². The summed E-state index contributed by atoms with van der Waals surface area (Å²) in [6.45, 7) is 8.54. The zero-order valence-corrected chi connectivity index (χ0v) is 9.41. The molecule has 2 nitrogen and oxygen atoms in total. The van der Waals surface area contributed by atoms with E-state index in [-0.39, 0.29) is 17.9 Å². The molecule has 0 aliphatic carbocycles. The molecular formula is C12H19NO. The van der Waals surface area contributed by atoms with Crippen molar-refractivity contribution in [1.29, 1.82) is 0 Å². The topological polar surface area (TPSA) is 33.1 Å². The number of aryl methyl sites for hydroxylation is 1. The number of hydrogen-bond donors (Lipinski definition) is 1. The van der Waals surface area contributed by atoms with E-state index in [2.05, 4.69) is 31.8 Å². The Morgan fingerprint density at radius 2 is 2.00 bits per heavy atom. The van der Waals surface area contributed by atoms with Crippen molar-refractivity contribution in [3.8, 4) is 0 Å². The van der Waals surface area contributed by atoms with E-state index >= 15 is 0 Å². The number of aliphatic hydroxyl groups is 1. The van der Waals surface area contributed by atoms with Crippen molar-refractivity contribution < 1.29 is 5.11 Å². The average molecular weight is 193 g/mol. The molecule has 0 bridgehead atoms. The molecule has 14 heavy (non-hydrogen) atoms. The van der Waals surface area contributed by atoms with Gasteiger partial charge in [-0.25, -0.2) is 0 Å².